The molecule has 2 amide bonds. The number of hydrogen-bond acceptors (Lipinski definition) is 6. The van der Waals surface area contributed by atoms with Gasteiger partial charge in [-0.3, -0.25) is 14.5 Å². The van der Waals surface area contributed by atoms with E-state index in [1.807, 2.05) is 38.1 Å². The number of nitrogens with two attached hydrogens (primary N) is 1. The van der Waals surface area contributed by atoms with Gasteiger partial charge in [0.15, 0.2) is 0 Å². The summed E-state index contributed by atoms with van der Waals surface area (Å²) in [5.74, 6) is -0.252. The van der Waals surface area contributed by atoms with E-state index in [9.17, 15) is 19.5 Å². The third kappa shape index (κ3) is 5.00. The van der Waals surface area contributed by atoms with Gasteiger partial charge in [-0.2, -0.15) is 0 Å². The highest BCUT2D eigenvalue weighted by Crippen LogP contribution is 2.51. The largest absolute Gasteiger partial charge is 0.508 e. The zero-order valence-electron chi connectivity index (χ0n) is 22.4. The number of benzene rings is 3. The number of rotatable bonds is 8. The molecule has 1 aliphatic carbocycles. The van der Waals surface area contributed by atoms with Gasteiger partial charge in [0.25, 0.3) is 0 Å². The van der Waals surface area contributed by atoms with Gasteiger partial charge in [0.1, 0.15) is 11.3 Å². The van der Waals surface area contributed by atoms with Crippen LogP contribution >= 0.6 is 0 Å². The Morgan fingerprint density at radius 2 is 1.77 bits per heavy atom. The van der Waals surface area contributed by atoms with E-state index in [4.69, 9.17) is 10.5 Å². The van der Waals surface area contributed by atoms with E-state index < -0.39 is 17.4 Å². The lowest BCUT2D eigenvalue weighted by Crippen LogP contribution is -2.57. The fraction of sp³-hybridized carbons (Fsp3) is 0.323. The number of ether oxygens (including phenoxy) is 1. The average Bonchev–Trinajstić information content (AvgIpc) is 3.43. The lowest BCUT2D eigenvalue weighted by atomic mass is 9.72. The molecule has 1 atom stereocenters. The zero-order chi connectivity index (χ0) is 27.9. The van der Waals surface area contributed by atoms with E-state index in [1.54, 1.807) is 36.4 Å². The molecule has 0 unspecified atom stereocenters. The van der Waals surface area contributed by atoms with Crippen molar-refractivity contribution in [1.29, 1.82) is 0 Å². The number of fused-ring (bicyclic) bond motifs is 1. The summed E-state index contributed by atoms with van der Waals surface area (Å²) in [4.78, 5) is 39.1. The van der Waals surface area contributed by atoms with Crippen molar-refractivity contribution in [2.24, 2.45) is 11.7 Å². The molecule has 0 aromatic heterocycles. The van der Waals surface area contributed by atoms with Crippen molar-refractivity contribution in [3.05, 3.63) is 88.5 Å². The maximum absolute atomic E-state index is 13.6. The number of nitrogens with one attached hydrogen (secondary N) is 1. The zero-order valence-corrected chi connectivity index (χ0v) is 22.4. The van der Waals surface area contributed by atoms with Crippen molar-refractivity contribution in [2.45, 2.75) is 44.8 Å². The SMILES string of the molecule is COC(=O)c1ccc([C@H](C)NC(=O)C23CC(CN2Cc2cc(O)cc(-c4ccc(C(N)=O)cc4C)c2)C3)cc1. The monoisotopic (exact) mass is 527 g/mol. The van der Waals surface area contributed by atoms with Crippen molar-refractivity contribution in [3.8, 4) is 16.9 Å². The van der Waals surface area contributed by atoms with E-state index in [-0.39, 0.29) is 17.7 Å². The molecule has 8 nitrogen and oxygen atoms in total. The van der Waals surface area contributed by atoms with Crippen LogP contribution in [-0.2, 0) is 16.1 Å². The quantitative estimate of drug-likeness (QED) is 0.379. The van der Waals surface area contributed by atoms with Crippen molar-refractivity contribution >= 4 is 17.8 Å². The molecule has 39 heavy (non-hydrogen) atoms. The molecule has 2 bridgehead atoms. The smallest absolute Gasteiger partial charge is 0.337 e. The van der Waals surface area contributed by atoms with E-state index in [0.29, 0.717) is 23.6 Å². The first-order chi connectivity index (χ1) is 18.6. The van der Waals surface area contributed by atoms with E-state index >= 15 is 0 Å². The Morgan fingerprint density at radius 3 is 2.41 bits per heavy atom. The first-order valence-corrected chi connectivity index (χ1v) is 13.1. The van der Waals surface area contributed by atoms with Crippen molar-refractivity contribution in [3.63, 3.8) is 0 Å². The molecular weight excluding hydrogens is 494 g/mol. The van der Waals surface area contributed by atoms with Gasteiger partial charge in [0.2, 0.25) is 11.8 Å². The first-order valence-electron chi connectivity index (χ1n) is 13.1. The summed E-state index contributed by atoms with van der Waals surface area (Å²) >= 11 is 0. The molecule has 3 aromatic rings. The molecule has 4 N–H and O–H groups in total. The summed E-state index contributed by atoms with van der Waals surface area (Å²) in [5, 5.41) is 13.7. The van der Waals surface area contributed by atoms with Gasteiger partial charge in [-0.25, -0.2) is 4.79 Å². The summed E-state index contributed by atoms with van der Waals surface area (Å²) in [6.07, 6.45) is 1.62. The predicted molar refractivity (Wildman–Crippen MR) is 147 cm³/mol. The van der Waals surface area contributed by atoms with Crippen molar-refractivity contribution in [1.82, 2.24) is 10.2 Å². The van der Waals surface area contributed by atoms with E-state index in [2.05, 4.69) is 10.2 Å². The molecule has 202 valence electrons. The number of nitrogens with zero attached hydrogens (tertiary/aromatic N) is 1. The molecule has 3 aromatic carbocycles. The lowest BCUT2D eigenvalue weighted by Gasteiger charge is -2.41. The molecule has 6 rings (SSSR count). The average molecular weight is 528 g/mol. The van der Waals surface area contributed by atoms with Gasteiger partial charge in [0, 0.05) is 18.7 Å². The topological polar surface area (TPSA) is 122 Å². The second-order valence-corrected chi connectivity index (χ2v) is 10.8. The van der Waals surface area contributed by atoms with Crippen LogP contribution < -0.4 is 11.1 Å². The Hall–Kier alpha value is -4.17. The third-order valence-electron chi connectivity index (χ3n) is 8.11. The number of hydrogen-bond donors (Lipinski definition) is 3. The van der Waals surface area contributed by atoms with Crippen molar-refractivity contribution < 1.29 is 24.2 Å². The minimum Gasteiger partial charge on any atom is -0.508 e. The summed E-state index contributed by atoms with van der Waals surface area (Å²) in [7, 11) is 1.35. The molecule has 2 saturated heterocycles. The van der Waals surface area contributed by atoms with Gasteiger partial charge in [-0.1, -0.05) is 18.2 Å². The van der Waals surface area contributed by atoms with Crippen LogP contribution in [0.1, 0.15) is 63.2 Å². The normalized spacial score (nSPS) is 20.6. The maximum atomic E-state index is 13.6. The number of amides is 2. The number of primary amides is 1. The highest BCUT2D eigenvalue weighted by Gasteiger charge is 2.60. The van der Waals surface area contributed by atoms with Gasteiger partial charge < -0.3 is 20.9 Å². The number of phenolic OH excluding ortho intramolecular Hbond substituents is 1. The number of carbonyl (C=O) groups excluding carboxylic acids is 3. The number of methoxy groups -OCH3 is 1. The number of carbonyl (C=O) groups is 3. The van der Waals surface area contributed by atoms with Gasteiger partial charge in [0.05, 0.1) is 18.7 Å². The summed E-state index contributed by atoms with van der Waals surface area (Å²) in [6, 6.07) is 17.6. The molecule has 2 heterocycles. The van der Waals surface area contributed by atoms with Crippen LogP contribution in [0.2, 0.25) is 0 Å². The first kappa shape index (κ1) is 26.4. The lowest BCUT2D eigenvalue weighted by molar-refractivity contribution is -0.135. The van der Waals surface area contributed by atoms with Crippen LogP contribution in [0.3, 0.4) is 0 Å². The minimum absolute atomic E-state index is 0.000874. The third-order valence-corrected chi connectivity index (χ3v) is 8.11. The Morgan fingerprint density at radius 1 is 1.08 bits per heavy atom. The van der Waals surface area contributed by atoms with Gasteiger partial charge >= 0.3 is 5.97 Å². The molecule has 3 aliphatic rings. The molecule has 1 saturated carbocycles. The fourth-order valence-corrected chi connectivity index (χ4v) is 6.04. The Labute approximate surface area is 227 Å². The molecule has 3 fully saturated rings. The highest BCUT2D eigenvalue weighted by molar-refractivity contribution is 5.94. The fourth-order valence-electron chi connectivity index (χ4n) is 6.04. The van der Waals surface area contributed by atoms with Crippen LogP contribution in [-0.4, -0.2) is 47.0 Å². The Kier molecular flexibility index (Phi) is 6.91. The standard InChI is InChI=1S/C31H33N3O5/c1-18-10-24(28(32)36)8-9-27(18)25-11-20(12-26(35)13-25)16-34-17-21-14-31(34,15-21)30(38)33-19(2)22-4-6-23(7-5-22)29(37)39-3/h4-13,19,21,35H,14-17H2,1-3H3,(H2,32,36)(H,33,38)/t19-,21?,31?/m0/s1. The number of esters is 1. The molecule has 0 radical (unpaired) electrons. The molecular formula is C31H33N3O5. The maximum Gasteiger partial charge on any atom is 0.337 e. The van der Waals surface area contributed by atoms with E-state index in [0.717, 1.165) is 47.2 Å². The Balaban J connectivity index is 1.32. The Bertz CT molecular complexity index is 1440. The second-order valence-electron chi connectivity index (χ2n) is 10.8. The summed E-state index contributed by atoms with van der Waals surface area (Å²) in [6.45, 7) is 5.20. The van der Waals surface area contributed by atoms with Crippen LogP contribution in [0.25, 0.3) is 11.1 Å². The molecule has 2 aliphatic heterocycles. The number of aromatic hydroxyl groups is 1. The summed E-state index contributed by atoms with van der Waals surface area (Å²) < 4.78 is 4.76. The van der Waals surface area contributed by atoms with Crippen LogP contribution in [0, 0.1) is 12.8 Å². The van der Waals surface area contributed by atoms with Crippen LogP contribution in [0.5, 0.6) is 5.75 Å². The van der Waals surface area contributed by atoms with Gasteiger partial charge in [-0.15, -0.1) is 0 Å². The van der Waals surface area contributed by atoms with Crippen LogP contribution in [0.15, 0.2) is 60.7 Å². The van der Waals surface area contributed by atoms with Crippen LogP contribution in [0.4, 0.5) is 0 Å². The number of aryl methyl sites for hydroxylation is 1. The van der Waals surface area contributed by atoms with Crippen molar-refractivity contribution in [2.75, 3.05) is 13.7 Å². The van der Waals surface area contributed by atoms with E-state index in [1.165, 1.54) is 7.11 Å². The minimum atomic E-state index is -0.574. The predicted octanol–water partition coefficient (Wildman–Crippen LogP) is 4.09. The highest BCUT2D eigenvalue weighted by atomic mass is 16.5. The molecule has 0 spiro atoms. The summed E-state index contributed by atoms with van der Waals surface area (Å²) in [5.41, 5.74) is 10.2. The second kappa shape index (κ2) is 10.2. The van der Waals surface area contributed by atoms with Gasteiger partial charge in [-0.05, 0) is 103 Å². The molecule has 8 heteroatoms. The number of phenols is 1.